The first-order valence-electron chi connectivity index (χ1n) is 8.89. The molecule has 4 heteroatoms. The van der Waals surface area contributed by atoms with Gasteiger partial charge in [-0.3, -0.25) is 0 Å². The fraction of sp³-hybridized carbons (Fsp3) is 0.429. The van der Waals surface area contributed by atoms with Crippen LogP contribution in [0, 0.1) is 0 Å². The second kappa shape index (κ2) is 10.1. The van der Waals surface area contributed by atoms with Gasteiger partial charge in [0.25, 0.3) is 0 Å². The summed E-state index contributed by atoms with van der Waals surface area (Å²) in [5.74, 6) is 1.72. The van der Waals surface area contributed by atoms with Gasteiger partial charge < -0.3 is 20.1 Å². The van der Waals surface area contributed by atoms with Crippen LogP contribution in [0.15, 0.2) is 48.5 Å². The number of likely N-dealkylation sites (N-methyl/N-ethyl adjacent to an activating group) is 2. The molecule has 1 aliphatic heterocycles. The first-order valence-corrected chi connectivity index (χ1v) is 8.89. The maximum atomic E-state index is 5.31. The molecule has 4 nitrogen and oxygen atoms in total. The first-order chi connectivity index (χ1) is 12.1. The van der Waals surface area contributed by atoms with Gasteiger partial charge in [-0.15, -0.1) is 0 Å². The van der Waals surface area contributed by atoms with E-state index < -0.39 is 0 Å². The number of fused-ring (bicyclic) bond motifs is 1. The lowest BCUT2D eigenvalue weighted by atomic mass is 10.1. The van der Waals surface area contributed by atoms with Crippen molar-refractivity contribution in [3.8, 4) is 11.5 Å². The highest BCUT2D eigenvalue weighted by atomic mass is 16.7. The molecule has 3 rings (SSSR count). The second-order valence-electron chi connectivity index (χ2n) is 6.46. The summed E-state index contributed by atoms with van der Waals surface area (Å²) >= 11 is 0. The van der Waals surface area contributed by atoms with Gasteiger partial charge in [0, 0.05) is 12.1 Å². The molecule has 0 fully saturated rings. The highest BCUT2D eigenvalue weighted by Gasteiger charge is 2.13. The molecule has 2 unspecified atom stereocenters. The van der Waals surface area contributed by atoms with E-state index in [9.17, 15) is 0 Å². The molecule has 0 radical (unpaired) electrons. The average molecular weight is 342 g/mol. The van der Waals surface area contributed by atoms with E-state index in [4.69, 9.17) is 9.47 Å². The van der Waals surface area contributed by atoms with E-state index in [0.29, 0.717) is 18.9 Å². The van der Waals surface area contributed by atoms with E-state index in [1.807, 2.05) is 26.2 Å². The Bertz CT molecular complexity index is 631. The molecule has 0 spiro atoms. The third-order valence-corrected chi connectivity index (χ3v) is 4.35. The van der Waals surface area contributed by atoms with E-state index in [1.165, 1.54) is 11.1 Å². The van der Waals surface area contributed by atoms with Crippen molar-refractivity contribution in [1.82, 2.24) is 10.6 Å². The minimum absolute atomic E-state index is 0.348. The summed E-state index contributed by atoms with van der Waals surface area (Å²) in [5, 5.41) is 6.42. The van der Waals surface area contributed by atoms with E-state index in [1.54, 1.807) is 0 Å². The van der Waals surface area contributed by atoms with Crippen LogP contribution in [0.3, 0.4) is 0 Å². The molecule has 25 heavy (non-hydrogen) atoms. The fourth-order valence-electron chi connectivity index (χ4n) is 2.59. The van der Waals surface area contributed by atoms with Crippen molar-refractivity contribution < 1.29 is 9.47 Å². The molecule has 0 bridgehead atoms. The largest absolute Gasteiger partial charge is 0.454 e. The van der Waals surface area contributed by atoms with E-state index in [-0.39, 0.29) is 0 Å². The molecular weight excluding hydrogens is 312 g/mol. The number of benzene rings is 2. The minimum atomic E-state index is 0.348. The molecule has 2 aromatic rings. The quantitative estimate of drug-likeness (QED) is 0.844. The van der Waals surface area contributed by atoms with Crippen molar-refractivity contribution in [3.63, 3.8) is 0 Å². The van der Waals surface area contributed by atoms with E-state index in [0.717, 1.165) is 24.3 Å². The third kappa shape index (κ3) is 6.40. The van der Waals surface area contributed by atoms with Crippen LogP contribution in [0.4, 0.5) is 0 Å². The highest BCUT2D eigenvalue weighted by molar-refractivity contribution is 5.44. The van der Waals surface area contributed by atoms with Crippen LogP contribution in [0.2, 0.25) is 0 Å². The molecule has 1 aliphatic rings. The van der Waals surface area contributed by atoms with Crippen molar-refractivity contribution in [2.24, 2.45) is 0 Å². The van der Waals surface area contributed by atoms with Gasteiger partial charge in [-0.2, -0.15) is 0 Å². The first kappa shape index (κ1) is 19.3. The predicted octanol–water partition coefficient (Wildman–Crippen LogP) is 3.40. The molecular formula is C21H30N2O2. The molecule has 1 heterocycles. The number of nitrogens with one attached hydrogen (secondary N) is 2. The Labute approximate surface area is 151 Å². The standard InChI is InChI=1S/C11H15NO2.C10H15N/c1-8(12-2)5-9-3-4-10-11(6-9)14-7-13-10;1-9(11-2)8-10-6-4-3-5-7-10/h3-4,6,8,12H,5,7H2,1-2H3;3-7,9,11H,8H2,1-2H3. The monoisotopic (exact) mass is 342 g/mol. The molecule has 2 atom stereocenters. The summed E-state index contributed by atoms with van der Waals surface area (Å²) in [5.41, 5.74) is 2.67. The number of hydrogen-bond donors (Lipinski definition) is 2. The fourth-order valence-corrected chi connectivity index (χ4v) is 2.59. The molecule has 0 aliphatic carbocycles. The Hall–Kier alpha value is -2.04. The lowest BCUT2D eigenvalue weighted by molar-refractivity contribution is 0.174. The highest BCUT2D eigenvalue weighted by Crippen LogP contribution is 2.32. The van der Waals surface area contributed by atoms with Crippen LogP contribution < -0.4 is 20.1 Å². The van der Waals surface area contributed by atoms with Crippen LogP contribution in [-0.4, -0.2) is 33.0 Å². The number of rotatable bonds is 6. The summed E-state index contributed by atoms with van der Waals surface area (Å²) in [6.45, 7) is 4.69. The Kier molecular flexibility index (Phi) is 7.76. The molecule has 0 aromatic heterocycles. The normalized spacial score (nSPS) is 14.4. The summed E-state index contributed by atoms with van der Waals surface area (Å²) in [4.78, 5) is 0. The predicted molar refractivity (Wildman–Crippen MR) is 103 cm³/mol. The van der Waals surface area contributed by atoms with Crippen molar-refractivity contribution in [2.75, 3.05) is 20.9 Å². The van der Waals surface area contributed by atoms with Gasteiger partial charge in [-0.05, 0) is 64.0 Å². The van der Waals surface area contributed by atoms with Crippen LogP contribution in [0.5, 0.6) is 11.5 Å². The zero-order chi connectivity index (χ0) is 18.1. The van der Waals surface area contributed by atoms with Crippen molar-refractivity contribution in [3.05, 3.63) is 59.7 Å². The topological polar surface area (TPSA) is 42.5 Å². The zero-order valence-electron chi connectivity index (χ0n) is 15.7. The summed E-state index contributed by atoms with van der Waals surface area (Å²) < 4.78 is 10.6. The van der Waals surface area contributed by atoms with E-state index in [2.05, 4.69) is 60.9 Å². The van der Waals surface area contributed by atoms with Gasteiger partial charge in [0.2, 0.25) is 6.79 Å². The lowest BCUT2D eigenvalue weighted by Gasteiger charge is -2.09. The van der Waals surface area contributed by atoms with Crippen molar-refractivity contribution in [1.29, 1.82) is 0 Å². The average Bonchev–Trinajstić information content (AvgIpc) is 3.10. The van der Waals surface area contributed by atoms with Crippen LogP contribution >= 0.6 is 0 Å². The molecule has 0 saturated heterocycles. The van der Waals surface area contributed by atoms with Gasteiger partial charge >= 0.3 is 0 Å². The summed E-state index contributed by atoms with van der Waals surface area (Å²) in [7, 11) is 3.96. The van der Waals surface area contributed by atoms with Crippen LogP contribution in [0.25, 0.3) is 0 Å². The van der Waals surface area contributed by atoms with Crippen molar-refractivity contribution in [2.45, 2.75) is 38.8 Å². The van der Waals surface area contributed by atoms with Crippen LogP contribution in [-0.2, 0) is 12.8 Å². The molecule has 0 amide bonds. The Balaban J connectivity index is 0.000000186. The second-order valence-corrected chi connectivity index (χ2v) is 6.46. The Morgan fingerprint density at radius 1 is 0.800 bits per heavy atom. The summed E-state index contributed by atoms with van der Waals surface area (Å²) in [6, 6.07) is 17.7. The molecule has 0 saturated carbocycles. The van der Waals surface area contributed by atoms with Gasteiger partial charge in [0.15, 0.2) is 11.5 Å². The molecule has 2 aromatic carbocycles. The van der Waals surface area contributed by atoms with Gasteiger partial charge in [0.05, 0.1) is 0 Å². The maximum absolute atomic E-state index is 5.31. The number of ether oxygens (including phenoxy) is 2. The molecule has 136 valence electrons. The zero-order valence-corrected chi connectivity index (χ0v) is 15.7. The van der Waals surface area contributed by atoms with Crippen LogP contribution in [0.1, 0.15) is 25.0 Å². The van der Waals surface area contributed by atoms with Gasteiger partial charge in [0.1, 0.15) is 0 Å². The smallest absolute Gasteiger partial charge is 0.231 e. The lowest BCUT2D eigenvalue weighted by Crippen LogP contribution is -2.23. The van der Waals surface area contributed by atoms with Gasteiger partial charge in [-0.25, -0.2) is 0 Å². The Morgan fingerprint density at radius 2 is 1.40 bits per heavy atom. The maximum Gasteiger partial charge on any atom is 0.231 e. The minimum Gasteiger partial charge on any atom is -0.454 e. The third-order valence-electron chi connectivity index (χ3n) is 4.35. The SMILES string of the molecule is CNC(C)Cc1ccc2c(c1)OCO2.CNC(C)Cc1ccccc1. The summed E-state index contributed by atoms with van der Waals surface area (Å²) in [6.07, 6.45) is 2.12. The van der Waals surface area contributed by atoms with Gasteiger partial charge in [-0.1, -0.05) is 36.4 Å². The Morgan fingerprint density at radius 3 is 2.04 bits per heavy atom. The van der Waals surface area contributed by atoms with E-state index >= 15 is 0 Å². The van der Waals surface area contributed by atoms with Crippen molar-refractivity contribution >= 4 is 0 Å². The number of hydrogen-bond acceptors (Lipinski definition) is 4. The molecule has 2 N–H and O–H groups in total.